The summed E-state index contributed by atoms with van der Waals surface area (Å²) in [6, 6.07) is 12.9. The number of carboxylic acid groups (broad SMARTS) is 1. The smallest absolute Gasteiger partial charge is 0.345 e. The molecular weight excluding hydrogens is 326 g/mol. The first kappa shape index (κ1) is 16.7. The Morgan fingerprint density at radius 2 is 1.83 bits per heavy atom. The van der Waals surface area contributed by atoms with E-state index in [1.807, 2.05) is 44.2 Å². The van der Waals surface area contributed by atoms with Crippen molar-refractivity contribution >= 4 is 23.2 Å². The second kappa shape index (κ2) is 6.37. The number of carbonyl (C=O) groups is 2. The van der Waals surface area contributed by atoms with Gasteiger partial charge in [0.1, 0.15) is 11.0 Å². The lowest BCUT2D eigenvalue weighted by molar-refractivity contribution is -0.0845. The first-order valence-electron chi connectivity index (χ1n) is 7.70. The van der Waals surface area contributed by atoms with Crippen LogP contribution in [0, 0.1) is 0 Å². The Hall–Kier alpha value is -2.18. The number of hydrogen-bond donors (Lipinski definition) is 1. The molecule has 1 aliphatic heterocycles. The number of nitrogens with zero attached hydrogens (tertiary/aromatic N) is 1. The molecule has 1 unspecified atom stereocenters. The fraction of sp³-hybridized carbons (Fsp3) is 0.333. The van der Waals surface area contributed by atoms with Crippen molar-refractivity contribution in [2.24, 2.45) is 0 Å². The molecule has 0 radical (unpaired) electrons. The molecule has 126 valence electrons. The van der Waals surface area contributed by atoms with Gasteiger partial charge < -0.3 is 14.7 Å². The van der Waals surface area contributed by atoms with Crippen LogP contribution in [0.2, 0.25) is 0 Å². The van der Waals surface area contributed by atoms with E-state index in [1.54, 1.807) is 11.0 Å². The lowest BCUT2D eigenvalue weighted by Crippen LogP contribution is -2.56. The molecule has 0 aliphatic carbocycles. The molecule has 5 nitrogen and oxygen atoms in total. The van der Waals surface area contributed by atoms with Gasteiger partial charge in [-0.25, -0.2) is 4.79 Å². The van der Waals surface area contributed by atoms with Crippen molar-refractivity contribution in [2.45, 2.75) is 25.5 Å². The Bertz CT molecular complexity index is 753. The lowest BCUT2D eigenvalue weighted by atomic mass is 9.98. The molecule has 1 atom stereocenters. The number of rotatable bonds is 3. The van der Waals surface area contributed by atoms with Crippen molar-refractivity contribution in [1.29, 1.82) is 0 Å². The molecule has 0 saturated carbocycles. The van der Waals surface area contributed by atoms with Gasteiger partial charge in [-0.1, -0.05) is 30.3 Å². The number of benzene rings is 1. The molecule has 1 fully saturated rings. The Labute approximate surface area is 144 Å². The van der Waals surface area contributed by atoms with Crippen molar-refractivity contribution < 1.29 is 19.4 Å². The van der Waals surface area contributed by atoms with E-state index in [0.717, 1.165) is 16.9 Å². The Balaban J connectivity index is 1.85. The van der Waals surface area contributed by atoms with Crippen LogP contribution in [0.1, 0.15) is 44.9 Å². The zero-order valence-electron chi connectivity index (χ0n) is 13.6. The van der Waals surface area contributed by atoms with Crippen molar-refractivity contribution in [2.75, 3.05) is 13.2 Å². The number of thiophene rings is 1. The summed E-state index contributed by atoms with van der Waals surface area (Å²) in [6.45, 7) is 4.78. The molecule has 0 bridgehead atoms. The second-order valence-corrected chi connectivity index (χ2v) is 7.49. The molecular formula is C18H19NO4S. The highest BCUT2D eigenvalue weighted by molar-refractivity contribution is 7.15. The molecule has 3 rings (SSSR count). The normalized spacial score (nSPS) is 19.9. The fourth-order valence-electron chi connectivity index (χ4n) is 2.78. The van der Waals surface area contributed by atoms with E-state index >= 15 is 0 Å². The third-order valence-electron chi connectivity index (χ3n) is 4.16. The van der Waals surface area contributed by atoms with Crippen LogP contribution in [-0.2, 0) is 4.74 Å². The number of aromatic carboxylic acids is 1. The van der Waals surface area contributed by atoms with Gasteiger partial charge in [0.25, 0.3) is 5.91 Å². The average Bonchev–Trinajstić information content (AvgIpc) is 3.05. The van der Waals surface area contributed by atoms with Gasteiger partial charge in [-0.15, -0.1) is 11.3 Å². The van der Waals surface area contributed by atoms with Gasteiger partial charge in [0.15, 0.2) is 0 Å². The van der Waals surface area contributed by atoms with Gasteiger partial charge >= 0.3 is 5.97 Å². The van der Waals surface area contributed by atoms with E-state index in [9.17, 15) is 9.59 Å². The van der Waals surface area contributed by atoms with E-state index in [0.29, 0.717) is 18.0 Å². The first-order chi connectivity index (χ1) is 11.4. The van der Waals surface area contributed by atoms with E-state index in [-0.39, 0.29) is 16.9 Å². The topological polar surface area (TPSA) is 66.8 Å². The molecule has 1 amide bonds. The van der Waals surface area contributed by atoms with Crippen molar-refractivity contribution in [3.8, 4) is 0 Å². The number of carbonyl (C=O) groups excluding carboxylic acids is 1. The second-order valence-electron chi connectivity index (χ2n) is 6.41. The molecule has 6 heteroatoms. The van der Waals surface area contributed by atoms with Crippen molar-refractivity contribution in [1.82, 2.24) is 4.90 Å². The van der Waals surface area contributed by atoms with E-state index < -0.39 is 11.5 Å². The summed E-state index contributed by atoms with van der Waals surface area (Å²) in [4.78, 5) is 26.4. The van der Waals surface area contributed by atoms with Crippen LogP contribution in [0.25, 0.3) is 0 Å². The molecule has 1 aromatic heterocycles. The maximum atomic E-state index is 12.9. The third-order valence-corrected chi connectivity index (χ3v) is 5.22. The Morgan fingerprint density at radius 1 is 1.17 bits per heavy atom. The number of ether oxygens (including phenoxy) is 1. The summed E-state index contributed by atoms with van der Waals surface area (Å²) in [6.07, 6.45) is -0.179. The van der Waals surface area contributed by atoms with Crippen molar-refractivity contribution in [3.63, 3.8) is 0 Å². The summed E-state index contributed by atoms with van der Waals surface area (Å²) in [5.74, 6) is -1.16. The average molecular weight is 345 g/mol. The minimum absolute atomic E-state index is 0.151. The van der Waals surface area contributed by atoms with Crippen LogP contribution in [0.4, 0.5) is 0 Å². The molecule has 1 aromatic carbocycles. The third kappa shape index (κ3) is 3.20. The van der Waals surface area contributed by atoms with Crippen molar-refractivity contribution in [3.05, 3.63) is 57.8 Å². The van der Waals surface area contributed by atoms with E-state index in [1.165, 1.54) is 6.07 Å². The molecule has 1 N–H and O–H groups in total. The molecule has 1 saturated heterocycles. The largest absolute Gasteiger partial charge is 0.477 e. The van der Waals surface area contributed by atoms with Gasteiger partial charge in [0, 0.05) is 0 Å². The Morgan fingerprint density at radius 3 is 2.46 bits per heavy atom. The summed E-state index contributed by atoms with van der Waals surface area (Å²) in [5.41, 5.74) is 0.582. The summed E-state index contributed by atoms with van der Waals surface area (Å²) in [7, 11) is 0. The molecule has 0 spiro atoms. The maximum absolute atomic E-state index is 12.9. The Kier molecular flexibility index (Phi) is 4.43. The maximum Gasteiger partial charge on any atom is 0.345 e. The lowest BCUT2D eigenvalue weighted by Gasteiger charge is -2.45. The molecule has 2 heterocycles. The minimum atomic E-state index is -1.01. The number of morpholine rings is 1. The minimum Gasteiger partial charge on any atom is -0.477 e. The summed E-state index contributed by atoms with van der Waals surface area (Å²) < 4.78 is 5.95. The zero-order valence-corrected chi connectivity index (χ0v) is 14.4. The SMILES string of the molecule is CC1(C)COC(c2ccccc2)CN1C(=O)c1ccc(C(=O)O)s1. The van der Waals surface area contributed by atoms with Crippen LogP contribution in [-0.4, -0.2) is 40.6 Å². The highest BCUT2D eigenvalue weighted by atomic mass is 32.1. The van der Waals surface area contributed by atoms with Crippen LogP contribution in [0.3, 0.4) is 0 Å². The van der Waals surface area contributed by atoms with Crippen LogP contribution in [0.5, 0.6) is 0 Å². The predicted octanol–water partition coefficient (Wildman–Crippen LogP) is 3.44. The zero-order chi connectivity index (χ0) is 17.3. The fourth-order valence-corrected chi connectivity index (χ4v) is 3.57. The van der Waals surface area contributed by atoms with Gasteiger partial charge in [-0.3, -0.25) is 4.79 Å². The van der Waals surface area contributed by atoms with E-state index in [4.69, 9.17) is 9.84 Å². The van der Waals surface area contributed by atoms with Gasteiger partial charge in [-0.05, 0) is 31.5 Å². The number of amides is 1. The highest BCUT2D eigenvalue weighted by Gasteiger charge is 2.39. The quantitative estimate of drug-likeness (QED) is 0.925. The van der Waals surface area contributed by atoms with E-state index in [2.05, 4.69) is 0 Å². The van der Waals surface area contributed by atoms with Gasteiger partial charge in [-0.2, -0.15) is 0 Å². The van der Waals surface area contributed by atoms with Crippen LogP contribution < -0.4 is 0 Å². The van der Waals surface area contributed by atoms with Crippen LogP contribution in [0.15, 0.2) is 42.5 Å². The molecule has 2 aromatic rings. The monoisotopic (exact) mass is 345 g/mol. The summed E-state index contributed by atoms with van der Waals surface area (Å²) in [5, 5.41) is 9.05. The molecule has 1 aliphatic rings. The first-order valence-corrected chi connectivity index (χ1v) is 8.52. The predicted molar refractivity (Wildman–Crippen MR) is 91.5 cm³/mol. The van der Waals surface area contributed by atoms with Gasteiger partial charge in [0.2, 0.25) is 0 Å². The number of hydrogen-bond acceptors (Lipinski definition) is 4. The highest BCUT2D eigenvalue weighted by Crippen LogP contribution is 2.32. The number of carboxylic acids is 1. The summed E-state index contributed by atoms with van der Waals surface area (Å²) >= 11 is 1.01. The molecule has 24 heavy (non-hydrogen) atoms. The standard InChI is InChI=1S/C18H19NO4S/c1-18(2)11-23-13(12-6-4-3-5-7-12)10-19(18)16(20)14-8-9-15(24-14)17(21)22/h3-9,13H,10-11H2,1-2H3,(H,21,22). The van der Waals surface area contributed by atoms with Crippen LogP contribution >= 0.6 is 11.3 Å². The van der Waals surface area contributed by atoms with Gasteiger partial charge in [0.05, 0.1) is 23.6 Å².